The molecule has 0 amide bonds. The second-order valence-electron chi connectivity index (χ2n) is 6.06. The van der Waals surface area contributed by atoms with Gasteiger partial charge in [-0.3, -0.25) is 4.68 Å². The van der Waals surface area contributed by atoms with E-state index in [-0.39, 0.29) is 17.5 Å². The molecule has 110 valence electrons. The monoisotopic (exact) mass is 277 g/mol. The number of nitrogens with zero attached hydrogens (tertiary/aromatic N) is 2. The van der Waals surface area contributed by atoms with Gasteiger partial charge in [-0.05, 0) is 33.6 Å². The number of nitrogens with one attached hydrogen (secondary N) is 1. The van der Waals surface area contributed by atoms with Gasteiger partial charge in [0.2, 0.25) is 0 Å². The minimum atomic E-state index is -4.33. The maximum Gasteiger partial charge on any atom is 0.419 e. The zero-order valence-electron chi connectivity index (χ0n) is 12.0. The highest BCUT2D eigenvalue weighted by Gasteiger charge is 2.33. The Balaban J connectivity index is 2.67. The molecule has 1 N–H and O–H groups in total. The van der Waals surface area contributed by atoms with E-state index < -0.39 is 11.7 Å². The van der Waals surface area contributed by atoms with E-state index in [1.165, 1.54) is 4.68 Å². The average Bonchev–Trinajstić information content (AvgIpc) is 2.72. The number of hydrogen-bond donors (Lipinski definition) is 1. The summed E-state index contributed by atoms with van der Waals surface area (Å²) in [4.78, 5) is 0. The fraction of sp³-hybridized carbons (Fsp3) is 0.769. The number of rotatable bonds is 4. The van der Waals surface area contributed by atoms with E-state index in [1.807, 2.05) is 13.8 Å². The Hall–Kier alpha value is -1.04. The second kappa shape index (κ2) is 5.53. The first-order valence-corrected chi connectivity index (χ1v) is 6.37. The van der Waals surface area contributed by atoms with Gasteiger partial charge in [0.1, 0.15) is 0 Å². The second-order valence-corrected chi connectivity index (χ2v) is 6.06. The largest absolute Gasteiger partial charge is 0.419 e. The normalized spacial score (nSPS) is 16.4. The smallest absolute Gasteiger partial charge is 0.312 e. The highest BCUT2D eigenvalue weighted by atomic mass is 19.4. The predicted octanol–water partition coefficient (Wildman–Crippen LogP) is 3.49. The molecule has 0 saturated heterocycles. The molecule has 0 aliphatic heterocycles. The minimum absolute atomic E-state index is 0.00474. The third kappa shape index (κ3) is 4.86. The number of halogens is 3. The van der Waals surface area contributed by atoms with Crippen LogP contribution in [0.5, 0.6) is 0 Å². The highest BCUT2D eigenvalue weighted by molar-refractivity contribution is 5.08. The van der Waals surface area contributed by atoms with Crippen LogP contribution >= 0.6 is 0 Å². The summed E-state index contributed by atoms with van der Waals surface area (Å²) >= 11 is 0. The summed E-state index contributed by atoms with van der Waals surface area (Å²) in [6.45, 7) is 10.8. The first-order chi connectivity index (χ1) is 8.50. The van der Waals surface area contributed by atoms with Gasteiger partial charge in [-0.15, -0.1) is 0 Å². The zero-order chi connectivity index (χ0) is 14.8. The van der Waals surface area contributed by atoms with Crippen molar-refractivity contribution in [3.63, 3.8) is 0 Å². The van der Waals surface area contributed by atoms with Crippen molar-refractivity contribution in [1.82, 2.24) is 15.1 Å². The lowest BCUT2D eigenvalue weighted by Gasteiger charge is -2.26. The Kier molecular flexibility index (Phi) is 4.66. The van der Waals surface area contributed by atoms with Crippen molar-refractivity contribution in [2.75, 3.05) is 6.54 Å². The minimum Gasteiger partial charge on any atom is -0.312 e. The summed E-state index contributed by atoms with van der Waals surface area (Å²) in [5.41, 5.74) is -0.704. The Labute approximate surface area is 112 Å². The van der Waals surface area contributed by atoms with Crippen LogP contribution in [-0.4, -0.2) is 21.9 Å². The van der Waals surface area contributed by atoms with Crippen molar-refractivity contribution in [1.29, 1.82) is 0 Å². The van der Waals surface area contributed by atoms with Crippen LogP contribution < -0.4 is 5.32 Å². The molecule has 3 nitrogen and oxygen atoms in total. The molecule has 0 spiro atoms. The summed E-state index contributed by atoms with van der Waals surface area (Å²) in [6.07, 6.45) is -2.39. The zero-order valence-corrected chi connectivity index (χ0v) is 12.0. The van der Waals surface area contributed by atoms with E-state index in [4.69, 9.17) is 0 Å². The van der Waals surface area contributed by atoms with E-state index in [2.05, 4.69) is 31.2 Å². The van der Waals surface area contributed by atoms with Crippen molar-refractivity contribution < 1.29 is 13.2 Å². The molecule has 0 radical (unpaired) electrons. The van der Waals surface area contributed by atoms with Crippen LogP contribution in [0.3, 0.4) is 0 Å². The molecule has 0 saturated carbocycles. The lowest BCUT2D eigenvalue weighted by Crippen LogP contribution is -2.40. The molecule has 0 aliphatic rings. The van der Waals surface area contributed by atoms with Crippen molar-refractivity contribution >= 4 is 0 Å². The van der Waals surface area contributed by atoms with E-state index in [1.54, 1.807) is 0 Å². The van der Waals surface area contributed by atoms with Gasteiger partial charge in [-0.1, -0.05) is 6.92 Å². The topological polar surface area (TPSA) is 29.9 Å². The molecule has 0 bridgehead atoms. The fourth-order valence-electron chi connectivity index (χ4n) is 1.61. The standard InChI is InChI=1S/C13H22F3N3/c1-9(6-17-12(3,4)5)10(2)19-8-11(7-18-19)13(14,15)16/h7-10,17H,6H2,1-5H3. The first-order valence-electron chi connectivity index (χ1n) is 6.37. The van der Waals surface area contributed by atoms with E-state index in [0.717, 1.165) is 18.9 Å². The predicted molar refractivity (Wildman–Crippen MR) is 68.9 cm³/mol. The van der Waals surface area contributed by atoms with E-state index >= 15 is 0 Å². The number of aromatic nitrogens is 2. The quantitative estimate of drug-likeness (QED) is 0.913. The summed E-state index contributed by atoms with van der Waals surface area (Å²) in [6, 6.07) is -0.0917. The lowest BCUT2D eigenvalue weighted by atomic mass is 10.0. The van der Waals surface area contributed by atoms with Gasteiger partial charge in [-0.25, -0.2) is 0 Å². The molecule has 19 heavy (non-hydrogen) atoms. The van der Waals surface area contributed by atoms with Crippen LogP contribution in [0.1, 0.15) is 46.2 Å². The molecule has 6 heteroatoms. The molecular weight excluding hydrogens is 255 g/mol. The van der Waals surface area contributed by atoms with Gasteiger partial charge in [0, 0.05) is 18.3 Å². The fourth-order valence-corrected chi connectivity index (χ4v) is 1.61. The maximum atomic E-state index is 12.5. The molecule has 0 aromatic carbocycles. The summed E-state index contributed by atoms with van der Waals surface area (Å²) in [5, 5.41) is 7.16. The first kappa shape index (κ1) is 16.0. The van der Waals surface area contributed by atoms with Crippen molar-refractivity contribution in [2.24, 2.45) is 5.92 Å². The molecule has 1 aromatic heterocycles. The summed E-state index contributed by atoms with van der Waals surface area (Å²) in [7, 11) is 0. The molecule has 2 unspecified atom stereocenters. The average molecular weight is 277 g/mol. The Bertz CT molecular complexity index is 404. The van der Waals surface area contributed by atoms with Gasteiger partial charge >= 0.3 is 6.18 Å². The van der Waals surface area contributed by atoms with Crippen LogP contribution in [0.15, 0.2) is 12.4 Å². The molecule has 0 fully saturated rings. The van der Waals surface area contributed by atoms with Crippen molar-refractivity contribution in [2.45, 2.75) is 52.4 Å². The third-order valence-electron chi connectivity index (χ3n) is 3.12. The van der Waals surface area contributed by atoms with Crippen LogP contribution in [0, 0.1) is 5.92 Å². The van der Waals surface area contributed by atoms with E-state index in [9.17, 15) is 13.2 Å². The Morgan fingerprint density at radius 3 is 2.26 bits per heavy atom. The molecule has 0 aliphatic carbocycles. The van der Waals surface area contributed by atoms with Crippen LogP contribution in [0.4, 0.5) is 13.2 Å². The van der Waals surface area contributed by atoms with Gasteiger partial charge in [0.25, 0.3) is 0 Å². The van der Waals surface area contributed by atoms with Gasteiger partial charge in [-0.2, -0.15) is 18.3 Å². The lowest BCUT2D eigenvalue weighted by molar-refractivity contribution is -0.137. The van der Waals surface area contributed by atoms with Crippen LogP contribution in [0.2, 0.25) is 0 Å². The number of hydrogen-bond acceptors (Lipinski definition) is 2. The van der Waals surface area contributed by atoms with Gasteiger partial charge in [0.15, 0.2) is 0 Å². The molecule has 1 heterocycles. The third-order valence-corrected chi connectivity index (χ3v) is 3.12. The van der Waals surface area contributed by atoms with Crippen molar-refractivity contribution in [3.05, 3.63) is 18.0 Å². The SMILES string of the molecule is CC(CNC(C)(C)C)C(C)n1cc(C(F)(F)F)cn1. The maximum absolute atomic E-state index is 12.5. The number of alkyl halides is 3. The molecule has 1 rings (SSSR count). The summed E-state index contributed by atoms with van der Waals surface area (Å²) < 4.78 is 38.9. The van der Waals surface area contributed by atoms with Crippen molar-refractivity contribution in [3.8, 4) is 0 Å². The van der Waals surface area contributed by atoms with Gasteiger partial charge < -0.3 is 5.32 Å². The highest BCUT2D eigenvalue weighted by Crippen LogP contribution is 2.29. The molecule has 1 aromatic rings. The van der Waals surface area contributed by atoms with Crippen LogP contribution in [-0.2, 0) is 6.18 Å². The van der Waals surface area contributed by atoms with E-state index in [0.29, 0.717) is 0 Å². The Morgan fingerprint density at radius 1 is 1.26 bits per heavy atom. The molecular formula is C13H22F3N3. The van der Waals surface area contributed by atoms with Gasteiger partial charge in [0.05, 0.1) is 17.8 Å². The summed E-state index contributed by atoms with van der Waals surface area (Å²) in [5.74, 6) is 0.181. The Morgan fingerprint density at radius 2 is 1.84 bits per heavy atom. The molecule has 2 atom stereocenters. The van der Waals surface area contributed by atoms with Crippen LogP contribution in [0.25, 0.3) is 0 Å².